The molecule has 2 atom stereocenters. The first kappa shape index (κ1) is 36.3. The highest BCUT2D eigenvalue weighted by Crippen LogP contribution is 2.07. The number of aliphatic hydroxyl groups is 2. The number of allylic oxidation sites excluding steroid dienone is 10. The summed E-state index contributed by atoms with van der Waals surface area (Å²) in [5.41, 5.74) is 0. The average molecular weight is 545 g/mol. The fourth-order valence-electron chi connectivity index (χ4n) is 3.37. The second-order valence-electron chi connectivity index (χ2n) is 9.30. The van der Waals surface area contributed by atoms with E-state index < -0.39 is 24.8 Å². The Hall–Kier alpha value is -2.70. The van der Waals surface area contributed by atoms with Crippen molar-refractivity contribution in [2.24, 2.45) is 0 Å². The van der Waals surface area contributed by atoms with Gasteiger partial charge in [0, 0.05) is 12.8 Å². The quantitative estimate of drug-likeness (QED) is 0.0576. The molecule has 0 saturated carbocycles. The Morgan fingerprint density at radius 3 is 2.08 bits per heavy atom. The van der Waals surface area contributed by atoms with Gasteiger partial charge < -0.3 is 19.7 Å². The molecular formula is C33H52O6. The fourth-order valence-corrected chi connectivity index (χ4v) is 3.37. The Labute approximate surface area is 236 Å². The van der Waals surface area contributed by atoms with E-state index >= 15 is 0 Å². The zero-order valence-corrected chi connectivity index (χ0v) is 24.2. The van der Waals surface area contributed by atoms with Crippen LogP contribution in [0.4, 0.5) is 0 Å². The van der Waals surface area contributed by atoms with Crippen LogP contribution < -0.4 is 0 Å². The molecule has 0 spiro atoms. The van der Waals surface area contributed by atoms with E-state index in [-0.39, 0.29) is 19.0 Å². The standard InChI is InChI=1S/C33H52O6/c1-3-5-7-9-10-11-12-13-14-15-16-18-20-24-30(35)25-21-19-23-27-33(37)39-31(28-34)29-38-32(36)26-22-17-8-6-4-2/h5,7,10-11,13-14,16,18-21,24,30-31,34-35H,3-4,6,8-9,12,15,17,22-23,25-29H2,1-2H3/b7-5-,11-10-,14-13-,18-16-,21-19-,24-20-/t30?,31-/m0/s1. The Kier molecular flexibility index (Phi) is 26.4. The van der Waals surface area contributed by atoms with Crippen LogP contribution >= 0.6 is 0 Å². The third kappa shape index (κ3) is 26.7. The van der Waals surface area contributed by atoms with Crippen molar-refractivity contribution in [1.29, 1.82) is 0 Å². The van der Waals surface area contributed by atoms with Crippen molar-refractivity contribution in [3.8, 4) is 0 Å². The summed E-state index contributed by atoms with van der Waals surface area (Å²) in [5.74, 6) is -0.798. The van der Waals surface area contributed by atoms with E-state index in [0.29, 0.717) is 19.3 Å². The number of unbranched alkanes of at least 4 members (excludes halogenated alkanes) is 4. The Bertz CT molecular complexity index is 775. The minimum Gasteiger partial charge on any atom is -0.462 e. The van der Waals surface area contributed by atoms with Crippen molar-refractivity contribution in [3.05, 3.63) is 72.9 Å². The number of carbonyl (C=O) groups is 2. The maximum atomic E-state index is 12.0. The summed E-state index contributed by atoms with van der Waals surface area (Å²) < 4.78 is 10.3. The lowest BCUT2D eigenvalue weighted by Gasteiger charge is -2.15. The van der Waals surface area contributed by atoms with Gasteiger partial charge in [0.2, 0.25) is 0 Å². The number of aliphatic hydroxyl groups excluding tert-OH is 2. The second-order valence-corrected chi connectivity index (χ2v) is 9.30. The third-order valence-electron chi connectivity index (χ3n) is 5.61. The minimum atomic E-state index is -0.851. The number of esters is 2. The van der Waals surface area contributed by atoms with Crippen molar-refractivity contribution in [1.82, 2.24) is 0 Å². The summed E-state index contributed by atoms with van der Waals surface area (Å²) in [5, 5.41) is 19.4. The van der Waals surface area contributed by atoms with E-state index in [1.807, 2.05) is 30.4 Å². The average Bonchev–Trinajstić information content (AvgIpc) is 2.93. The monoisotopic (exact) mass is 544 g/mol. The Morgan fingerprint density at radius 1 is 0.744 bits per heavy atom. The van der Waals surface area contributed by atoms with Crippen LogP contribution in [0.15, 0.2) is 72.9 Å². The van der Waals surface area contributed by atoms with Crippen LogP contribution in [0, 0.1) is 0 Å². The van der Waals surface area contributed by atoms with Crippen molar-refractivity contribution in [3.63, 3.8) is 0 Å². The van der Waals surface area contributed by atoms with Gasteiger partial charge in [-0.05, 0) is 44.9 Å². The first-order valence-electron chi connectivity index (χ1n) is 14.6. The number of hydrogen-bond acceptors (Lipinski definition) is 6. The van der Waals surface area contributed by atoms with E-state index in [1.165, 1.54) is 0 Å². The summed E-state index contributed by atoms with van der Waals surface area (Å²) in [6.45, 7) is 3.73. The molecule has 0 aliphatic heterocycles. The number of hydrogen-bond donors (Lipinski definition) is 2. The van der Waals surface area contributed by atoms with Crippen molar-refractivity contribution in [2.45, 2.75) is 110 Å². The highest BCUT2D eigenvalue weighted by atomic mass is 16.6. The normalized spacial score (nSPS) is 14.1. The molecule has 6 heteroatoms. The lowest BCUT2D eigenvalue weighted by atomic mass is 10.1. The second kappa shape index (κ2) is 28.3. The van der Waals surface area contributed by atoms with Crippen LogP contribution in [0.1, 0.15) is 97.3 Å². The van der Waals surface area contributed by atoms with Gasteiger partial charge in [-0.2, -0.15) is 0 Å². The molecule has 0 aromatic rings. The van der Waals surface area contributed by atoms with Gasteiger partial charge in [0.1, 0.15) is 6.61 Å². The van der Waals surface area contributed by atoms with Gasteiger partial charge in [-0.15, -0.1) is 0 Å². The van der Waals surface area contributed by atoms with Gasteiger partial charge in [-0.1, -0.05) is 112 Å². The maximum Gasteiger partial charge on any atom is 0.306 e. The zero-order valence-electron chi connectivity index (χ0n) is 24.2. The largest absolute Gasteiger partial charge is 0.462 e. The first-order valence-corrected chi connectivity index (χ1v) is 14.6. The molecule has 0 aromatic carbocycles. The van der Waals surface area contributed by atoms with Crippen LogP contribution in [-0.4, -0.2) is 47.6 Å². The molecule has 0 fully saturated rings. The molecule has 0 aliphatic carbocycles. The van der Waals surface area contributed by atoms with E-state index in [0.717, 1.165) is 57.8 Å². The minimum absolute atomic E-state index is 0.135. The van der Waals surface area contributed by atoms with Gasteiger partial charge in [0.05, 0.1) is 12.7 Å². The smallest absolute Gasteiger partial charge is 0.306 e. The van der Waals surface area contributed by atoms with Gasteiger partial charge in [-0.25, -0.2) is 0 Å². The molecule has 0 aliphatic rings. The summed E-state index contributed by atoms with van der Waals surface area (Å²) >= 11 is 0. The van der Waals surface area contributed by atoms with Gasteiger partial charge in [-0.3, -0.25) is 9.59 Å². The molecule has 6 nitrogen and oxygen atoms in total. The zero-order chi connectivity index (χ0) is 28.8. The molecule has 0 aromatic heterocycles. The van der Waals surface area contributed by atoms with Gasteiger partial charge in [0.15, 0.2) is 6.10 Å². The predicted molar refractivity (Wildman–Crippen MR) is 160 cm³/mol. The first-order chi connectivity index (χ1) is 19.0. The summed E-state index contributed by atoms with van der Waals surface area (Å²) in [6.07, 6.45) is 33.1. The topological polar surface area (TPSA) is 93.1 Å². The van der Waals surface area contributed by atoms with Crippen molar-refractivity contribution >= 4 is 11.9 Å². The van der Waals surface area contributed by atoms with E-state index in [4.69, 9.17) is 9.47 Å². The molecule has 39 heavy (non-hydrogen) atoms. The fraction of sp³-hybridized carbons (Fsp3) is 0.576. The molecule has 0 radical (unpaired) electrons. The molecule has 1 unspecified atom stereocenters. The van der Waals surface area contributed by atoms with E-state index in [9.17, 15) is 19.8 Å². The highest BCUT2D eigenvalue weighted by Gasteiger charge is 2.15. The summed E-state index contributed by atoms with van der Waals surface area (Å²) in [4.78, 5) is 23.8. The molecular weight excluding hydrogens is 492 g/mol. The lowest BCUT2D eigenvalue weighted by molar-refractivity contribution is -0.161. The predicted octanol–water partition coefficient (Wildman–Crippen LogP) is 7.24. The summed E-state index contributed by atoms with van der Waals surface area (Å²) in [6, 6.07) is 0. The molecule has 0 rings (SSSR count). The number of ether oxygens (including phenoxy) is 2. The molecule has 0 bridgehead atoms. The maximum absolute atomic E-state index is 12.0. The third-order valence-corrected chi connectivity index (χ3v) is 5.61. The van der Waals surface area contributed by atoms with Crippen LogP contribution in [0.3, 0.4) is 0 Å². The van der Waals surface area contributed by atoms with E-state index in [1.54, 1.807) is 6.08 Å². The van der Waals surface area contributed by atoms with Gasteiger partial charge in [0.25, 0.3) is 0 Å². The van der Waals surface area contributed by atoms with Gasteiger partial charge >= 0.3 is 11.9 Å². The molecule has 220 valence electrons. The highest BCUT2D eigenvalue weighted by molar-refractivity contribution is 5.70. The van der Waals surface area contributed by atoms with Crippen LogP contribution in [0.2, 0.25) is 0 Å². The van der Waals surface area contributed by atoms with Crippen LogP contribution in [0.25, 0.3) is 0 Å². The molecule has 0 amide bonds. The Balaban J connectivity index is 3.95. The number of rotatable bonds is 24. The molecule has 0 saturated heterocycles. The Morgan fingerprint density at radius 2 is 1.41 bits per heavy atom. The molecule has 0 heterocycles. The van der Waals surface area contributed by atoms with E-state index in [2.05, 4.69) is 50.3 Å². The SMILES string of the molecule is CC/C=C\C/C=C\C/C=C\C/C=C\C=C/C(O)C/C=C\CCC(=O)O[C@@H](CO)COC(=O)CCCCCCC. The lowest BCUT2D eigenvalue weighted by Crippen LogP contribution is -2.28. The van der Waals surface area contributed by atoms with Crippen molar-refractivity contribution < 1.29 is 29.3 Å². The van der Waals surface area contributed by atoms with Crippen molar-refractivity contribution in [2.75, 3.05) is 13.2 Å². The molecule has 2 N–H and O–H groups in total. The summed E-state index contributed by atoms with van der Waals surface area (Å²) in [7, 11) is 0. The van der Waals surface area contributed by atoms with Crippen LogP contribution in [-0.2, 0) is 19.1 Å². The van der Waals surface area contributed by atoms with Crippen LogP contribution in [0.5, 0.6) is 0 Å². The number of carbonyl (C=O) groups excluding carboxylic acids is 2.